The van der Waals surface area contributed by atoms with Crippen molar-refractivity contribution in [1.82, 2.24) is 24.4 Å². The number of hydrogen-bond donors (Lipinski definition) is 1. The molecule has 0 radical (unpaired) electrons. The number of hydrogen-bond acceptors (Lipinski definition) is 4. The zero-order valence-corrected chi connectivity index (χ0v) is 14.9. The molecule has 0 bridgehead atoms. The van der Waals surface area contributed by atoms with Crippen LogP contribution in [0.4, 0.5) is 5.69 Å². The van der Waals surface area contributed by atoms with E-state index in [1.807, 2.05) is 20.0 Å². The van der Waals surface area contributed by atoms with Crippen LogP contribution in [0, 0.1) is 6.92 Å². The Morgan fingerprint density at radius 2 is 1.96 bits per heavy atom. The van der Waals surface area contributed by atoms with Gasteiger partial charge in [-0.1, -0.05) is 11.6 Å². The number of carbonyl (C=O) groups is 1. The fourth-order valence-corrected chi connectivity index (χ4v) is 2.81. The lowest BCUT2D eigenvalue weighted by atomic mass is 10.2. The molecule has 0 aliphatic carbocycles. The van der Waals surface area contributed by atoms with Crippen molar-refractivity contribution in [3.05, 3.63) is 65.2 Å². The lowest BCUT2D eigenvalue weighted by Crippen LogP contribution is -2.12. The summed E-state index contributed by atoms with van der Waals surface area (Å²) in [5.74, 6) is -0.313. The fourth-order valence-electron chi connectivity index (χ4n) is 2.69. The summed E-state index contributed by atoms with van der Waals surface area (Å²) in [6.45, 7) is 1.98. The Kier molecular flexibility index (Phi) is 3.93. The third-order valence-electron chi connectivity index (χ3n) is 4.20. The van der Waals surface area contributed by atoms with Gasteiger partial charge in [-0.25, -0.2) is 9.50 Å². The zero-order valence-electron chi connectivity index (χ0n) is 14.1. The van der Waals surface area contributed by atoms with Gasteiger partial charge in [0.2, 0.25) is 0 Å². The molecule has 1 N–H and O–H groups in total. The topological polar surface area (TPSA) is 77.1 Å². The highest BCUT2D eigenvalue weighted by atomic mass is 35.5. The van der Waals surface area contributed by atoms with E-state index in [2.05, 4.69) is 20.5 Å². The summed E-state index contributed by atoms with van der Waals surface area (Å²) in [5, 5.41) is 12.1. The first kappa shape index (κ1) is 16.3. The lowest BCUT2D eigenvalue weighted by Gasteiger charge is -2.04. The second-order valence-electron chi connectivity index (χ2n) is 5.86. The molecule has 1 aromatic carbocycles. The molecule has 4 rings (SSSR count). The van der Waals surface area contributed by atoms with Crippen LogP contribution in [0.5, 0.6) is 0 Å². The van der Waals surface area contributed by atoms with Gasteiger partial charge in [-0.2, -0.15) is 10.2 Å². The molecule has 0 aliphatic rings. The van der Waals surface area contributed by atoms with E-state index in [9.17, 15) is 4.79 Å². The van der Waals surface area contributed by atoms with Crippen molar-refractivity contribution in [3.63, 3.8) is 0 Å². The average molecular weight is 367 g/mol. The molecule has 0 spiro atoms. The van der Waals surface area contributed by atoms with Crippen molar-refractivity contribution < 1.29 is 4.79 Å². The van der Waals surface area contributed by atoms with Crippen LogP contribution in [-0.2, 0) is 7.05 Å². The van der Waals surface area contributed by atoms with E-state index < -0.39 is 0 Å². The van der Waals surface area contributed by atoms with Crippen molar-refractivity contribution in [3.8, 4) is 11.3 Å². The second-order valence-corrected chi connectivity index (χ2v) is 6.29. The van der Waals surface area contributed by atoms with Gasteiger partial charge in [-0.15, -0.1) is 0 Å². The predicted octanol–water partition coefficient (Wildman–Crippen LogP) is 3.34. The minimum atomic E-state index is -0.313. The van der Waals surface area contributed by atoms with Crippen molar-refractivity contribution in [1.29, 1.82) is 0 Å². The molecule has 0 atom stereocenters. The van der Waals surface area contributed by atoms with Gasteiger partial charge in [-0.05, 0) is 37.3 Å². The van der Waals surface area contributed by atoms with Crippen LogP contribution in [0.3, 0.4) is 0 Å². The second kappa shape index (κ2) is 6.27. The summed E-state index contributed by atoms with van der Waals surface area (Å²) >= 11 is 5.87. The molecular formula is C18H15ClN6O. The third kappa shape index (κ3) is 2.82. The van der Waals surface area contributed by atoms with Crippen LogP contribution in [0.2, 0.25) is 5.02 Å². The quantitative estimate of drug-likeness (QED) is 0.603. The molecule has 130 valence electrons. The Bertz CT molecular complexity index is 1110. The summed E-state index contributed by atoms with van der Waals surface area (Å²) in [6, 6.07) is 10.4. The van der Waals surface area contributed by atoms with Crippen LogP contribution in [-0.4, -0.2) is 30.3 Å². The minimum Gasteiger partial charge on any atom is -0.321 e. The first-order valence-corrected chi connectivity index (χ1v) is 8.31. The molecule has 26 heavy (non-hydrogen) atoms. The Hall–Kier alpha value is -3.19. The smallest absolute Gasteiger partial charge is 0.276 e. The number of nitrogens with one attached hydrogen (secondary N) is 1. The predicted molar refractivity (Wildman–Crippen MR) is 99.3 cm³/mol. The number of aryl methyl sites for hydroxylation is 1. The monoisotopic (exact) mass is 366 g/mol. The number of aromatic nitrogens is 5. The SMILES string of the molecule is Cc1c(-c2ccnc3cc(C(=O)Nc4ccc(Cl)cc4)nn23)cnn1C. The number of carbonyl (C=O) groups excluding carboxylic acids is 1. The van der Waals surface area contributed by atoms with Gasteiger partial charge >= 0.3 is 0 Å². The van der Waals surface area contributed by atoms with E-state index in [0.29, 0.717) is 16.4 Å². The number of rotatable bonds is 3. The summed E-state index contributed by atoms with van der Waals surface area (Å²) in [5.41, 5.74) is 4.28. The minimum absolute atomic E-state index is 0.279. The standard InChI is InChI=1S/C18H15ClN6O/c1-11-14(10-21-24(11)2)16-7-8-20-17-9-15(23-25(16)17)18(26)22-13-5-3-12(19)4-6-13/h3-10H,1-2H3,(H,22,26). The van der Waals surface area contributed by atoms with Gasteiger partial charge in [0.1, 0.15) is 0 Å². The molecule has 0 fully saturated rings. The van der Waals surface area contributed by atoms with Crippen molar-refractivity contribution in [2.45, 2.75) is 6.92 Å². The molecule has 0 aliphatic heterocycles. The van der Waals surface area contributed by atoms with Crippen LogP contribution >= 0.6 is 11.6 Å². The summed E-state index contributed by atoms with van der Waals surface area (Å²) in [4.78, 5) is 16.8. The Morgan fingerprint density at radius 3 is 2.65 bits per heavy atom. The number of benzene rings is 1. The van der Waals surface area contributed by atoms with E-state index in [-0.39, 0.29) is 11.6 Å². The van der Waals surface area contributed by atoms with Crippen molar-refractivity contribution in [2.75, 3.05) is 5.32 Å². The van der Waals surface area contributed by atoms with Crippen molar-refractivity contribution in [2.24, 2.45) is 7.05 Å². The average Bonchev–Trinajstić information content (AvgIpc) is 3.21. The maximum atomic E-state index is 12.5. The molecule has 0 saturated carbocycles. The summed E-state index contributed by atoms with van der Waals surface area (Å²) in [6.07, 6.45) is 3.47. The molecule has 0 unspecified atom stereocenters. The Morgan fingerprint density at radius 1 is 1.19 bits per heavy atom. The van der Waals surface area contributed by atoms with E-state index in [0.717, 1.165) is 17.0 Å². The highest BCUT2D eigenvalue weighted by molar-refractivity contribution is 6.30. The largest absolute Gasteiger partial charge is 0.321 e. The highest BCUT2D eigenvalue weighted by Crippen LogP contribution is 2.23. The lowest BCUT2D eigenvalue weighted by molar-refractivity contribution is 0.102. The number of halogens is 1. The Labute approximate surface area is 154 Å². The van der Waals surface area contributed by atoms with Gasteiger partial charge in [0.15, 0.2) is 11.3 Å². The van der Waals surface area contributed by atoms with Crippen molar-refractivity contribution >= 4 is 28.8 Å². The Balaban J connectivity index is 1.71. The summed E-state index contributed by atoms with van der Waals surface area (Å²) in [7, 11) is 1.88. The third-order valence-corrected chi connectivity index (χ3v) is 4.46. The highest BCUT2D eigenvalue weighted by Gasteiger charge is 2.16. The number of nitrogens with zero attached hydrogens (tertiary/aromatic N) is 5. The maximum Gasteiger partial charge on any atom is 0.276 e. The number of fused-ring (bicyclic) bond motifs is 1. The number of amides is 1. The van der Waals surface area contributed by atoms with Crippen LogP contribution in [0.15, 0.2) is 48.8 Å². The van der Waals surface area contributed by atoms with Crippen LogP contribution < -0.4 is 5.32 Å². The molecule has 8 heteroatoms. The molecule has 3 aromatic heterocycles. The normalized spacial score (nSPS) is 11.0. The molecule has 3 heterocycles. The van der Waals surface area contributed by atoms with E-state index in [1.165, 1.54) is 0 Å². The van der Waals surface area contributed by atoms with Gasteiger partial charge in [0.05, 0.1) is 11.9 Å². The van der Waals surface area contributed by atoms with E-state index in [4.69, 9.17) is 11.6 Å². The fraction of sp³-hybridized carbons (Fsp3) is 0.111. The first-order valence-electron chi connectivity index (χ1n) is 7.93. The van der Waals surface area contributed by atoms with Crippen LogP contribution in [0.1, 0.15) is 16.2 Å². The van der Waals surface area contributed by atoms with Gasteiger partial charge in [0.25, 0.3) is 5.91 Å². The van der Waals surface area contributed by atoms with E-state index in [1.54, 1.807) is 51.9 Å². The van der Waals surface area contributed by atoms with Gasteiger partial charge < -0.3 is 5.32 Å². The maximum absolute atomic E-state index is 12.5. The van der Waals surface area contributed by atoms with E-state index >= 15 is 0 Å². The molecule has 1 amide bonds. The number of anilines is 1. The molecule has 4 aromatic rings. The van der Waals surface area contributed by atoms with Gasteiger partial charge in [0, 0.05) is 41.3 Å². The molecular weight excluding hydrogens is 352 g/mol. The van der Waals surface area contributed by atoms with Crippen LogP contribution in [0.25, 0.3) is 16.9 Å². The molecule has 0 saturated heterocycles. The summed E-state index contributed by atoms with van der Waals surface area (Å²) < 4.78 is 3.44. The first-order chi connectivity index (χ1) is 12.5. The zero-order chi connectivity index (χ0) is 18.3. The molecule has 7 nitrogen and oxygen atoms in total. The van der Waals surface area contributed by atoms with Gasteiger partial charge in [-0.3, -0.25) is 9.48 Å².